The van der Waals surface area contributed by atoms with Crippen LogP contribution in [0.3, 0.4) is 0 Å². The maximum Gasteiger partial charge on any atom is 0.230 e. The van der Waals surface area contributed by atoms with Gasteiger partial charge < -0.3 is 16.4 Å². The first-order valence-corrected chi connectivity index (χ1v) is 13.1. The number of hydrogen-bond donors (Lipinski definition) is 3. The Morgan fingerprint density at radius 1 is 1.08 bits per heavy atom. The van der Waals surface area contributed by atoms with Crippen LogP contribution in [-0.2, 0) is 15.0 Å². The Balaban J connectivity index is 1.42. The van der Waals surface area contributed by atoms with Crippen LogP contribution in [0.5, 0.6) is 0 Å². The van der Waals surface area contributed by atoms with Crippen LogP contribution in [0.25, 0.3) is 0 Å². The normalized spacial score (nSPS) is 25.7. The third-order valence-electron chi connectivity index (χ3n) is 8.06. The van der Waals surface area contributed by atoms with Gasteiger partial charge in [0.05, 0.1) is 5.41 Å². The Labute approximate surface area is 213 Å². The molecule has 0 radical (unpaired) electrons. The molecule has 2 aliphatic rings. The third-order valence-corrected chi connectivity index (χ3v) is 8.06. The van der Waals surface area contributed by atoms with Gasteiger partial charge >= 0.3 is 0 Å². The summed E-state index contributed by atoms with van der Waals surface area (Å²) in [5, 5.41) is 6.15. The fourth-order valence-electron chi connectivity index (χ4n) is 6.06. The molecule has 2 aliphatic carbocycles. The summed E-state index contributed by atoms with van der Waals surface area (Å²) in [6.07, 6.45) is 8.35. The third kappa shape index (κ3) is 5.94. The lowest BCUT2D eigenvalue weighted by molar-refractivity contribution is -0.129. The van der Waals surface area contributed by atoms with Crippen LogP contribution in [0.4, 0.5) is 10.1 Å². The highest BCUT2D eigenvalue weighted by Gasteiger charge is 2.51. The zero-order chi connectivity index (χ0) is 25.9. The summed E-state index contributed by atoms with van der Waals surface area (Å²) in [6, 6.07) is 9.55. The highest BCUT2D eigenvalue weighted by Crippen LogP contribution is 2.49. The Morgan fingerprint density at radius 2 is 1.75 bits per heavy atom. The second-order valence-electron chi connectivity index (χ2n) is 11.6. The second kappa shape index (κ2) is 10.7. The van der Waals surface area contributed by atoms with Crippen molar-refractivity contribution in [2.24, 2.45) is 28.9 Å². The van der Waals surface area contributed by atoms with E-state index in [-0.39, 0.29) is 29.6 Å². The maximum atomic E-state index is 13.4. The quantitative estimate of drug-likeness (QED) is 0.466. The van der Waals surface area contributed by atoms with E-state index in [1.165, 1.54) is 12.1 Å². The number of carbonyl (C=O) groups excluding carboxylic acids is 2. The molecule has 2 saturated carbocycles. The molecule has 7 heteroatoms. The minimum absolute atomic E-state index is 0.0108. The largest absolute Gasteiger partial charge is 0.354 e. The average molecular weight is 495 g/mol. The predicted octanol–water partition coefficient (Wildman–Crippen LogP) is 4.80. The van der Waals surface area contributed by atoms with E-state index in [0.29, 0.717) is 24.8 Å². The van der Waals surface area contributed by atoms with Crippen molar-refractivity contribution in [3.8, 4) is 0 Å². The fourth-order valence-corrected chi connectivity index (χ4v) is 6.06. The molecule has 0 saturated heterocycles. The van der Waals surface area contributed by atoms with Gasteiger partial charge in [0, 0.05) is 36.1 Å². The van der Waals surface area contributed by atoms with E-state index < -0.39 is 10.8 Å². The van der Waals surface area contributed by atoms with Crippen molar-refractivity contribution in [3.05, 3.63) is 60.2 Å². The summed E-state index contributed by atoms with van der Waals surface area (Å²) in [6.45, 7) is 6.83. The van der Waals surface area contributed by atoms with Crippen molar-refractivity contribution < 1.29 is 14.0 Å². The van der Waals surface area contributed by atoms with Crippen LogP contribution >= 0.6 is 0 Å². The molecule has 6 nitrogen and oxygen atoms in total. The number of anilines is 1. The van der Waals surface area contributed by atoms with Crippen molar-refractivity contribution >= 4 is 17.5 Å². The summed E-state index contributed by atoms with van der Waals surface area (Å²) in [4.78, 5) is 30.5. The SMILES string of the molecule is CC(C)CC1CC(C(N)CNC(=O)C2(c3ccc(F)cc3)CC2)CC(C)(C(=O)Nc2ccncc2)C1. The molecule has 0 bridgehead atoms. The Bertz CT molecular complexity index is 1050. The molecule has 2 amide bonds. The van der Waals surface area contributed by atoms with Gasteiger partial charge in [0.1, 0.15) is 5.82 Å². The lowest BCUT2D eigenvalue weighted by atomic mass is 9.63. The zero-order valence-electron chi connectivity index (χ0n) is 21.6. The van der Waals surface area contributed by atoms with E-state index in [0.717, 1.165) is 43.4 Å². The van der Waals surface area contributed by atoms with E-state index in [9.17, 15) is 14.0 Å². The van der Waals surface area contributed by atoms with Crippen molar-refractivity contribution in [1.82, 2.24) is 10.3 Å². The van der Waals surface area contributed by atoms with Crippen molar-refractivity contribution in [3.63, 3.8) is 0 Å². The summed E-state index contributed by atoms with van der Waals surface area (Å²) < 4.78 is 13.4. The monoisotopic (exact) mass is 494 g/mol. The number of carbonyl (C=O) groups is 2. The first-order chi connectivity index (χ1) is 17.1. The topological polar surface area (TPSA) is 97.1 Å². The fraction of sp³-hybridized carbons (Fsp3) is 0.552. The van der Waals surface area contributed by atoms with E-state index in [2.05, 4.69) is 29.5 Å². The van der Waals surface area contributed by atoms with Crippen LogP contribution in [0.2, 0.25) is 0 Å². The van der Waals surface area contributed by atoms with E-state index in [1.54, 1.807) is 36.7 Å². The minimum Gasteiger partial charge on any atom is -0.354 e. The molecular weight excluding hydrogens is 455 g/mol. The number of nitrogens with zero attached hydrogens (tertiary/aromatic N) is 1. The van der Waals surface area contributed by atoms with Gasteiger partial charge in [0.2, 0.25) is 11.8 Å². The van der Waals surface area contributed by atoms with E-state index >= 15 is 0 Å². The van der Waals surface area contributed by atoms with Crippen LogP contribution in [-0.4, -0.2) is 29.4 Å². The van der Waals surface area contributed by atoms with Crippen LogP contribution in [0.1, 0.15) is 64.9 Å². The Morgan fingerprint density at radius 3 is 2.36 bits per heavy atom. The summed E-state index contributed by atoms with van der Waals surface area (Å²) >= 11 is 0. The maximum absolute atomic E-state index is 13.4. The molecule has 2 fully saturated rings. The highest BCUT2D eigenvalue weighted by molar-refractivity contribution is 5.95. The van der Waals surface area contributed by atoms with Gasteiger partial charge in [-0.2, -0.15) is 0 Å². The molecule has 4 unspecified atom stereocenters. The number of nitrogens with two attached hydrogens (primary N) is 1. The van der Waals surface area contributed by atoms with Crippen LogP contribution < -0.4 is 16.4 Å². The Kier molecular flexibility index (Phi) is 7.79. The number of benzene rings is 1. The van der Waals surface area contributed by atoms with E-state index in [1.807, 2.05) is 6.92 Å². The number of rotatable bonds is 9. The molecule has 2 aromatic rings. The molecule has 0 aliphatic heterocycles. The molecule has 4 atom stereocenters. The molecule has 194 valence electrons. The van der Waals surface area contributed by atoms with Gasteiger partial charge in [-0.15, -0.1) is 0 Å². The van der Waals surface area contributed by atoms with Crippen molar-refractivity contribution in [2.45, 2.75) is 70.8 Å². The summed E-state index contributed by atoms with van der Waals surface area (Å²) in [5.74, 6) is 0.711. The molecule has 1 aromatic heterocycles. The molecule has 4 N–H and O–H groups in total. The first-order valence-electron chi connectivity index (χ1n) is 13.1. The number of hydrogen-bond acceptors (Lipinski definition) is 4. The van der Waals surface area contributed by atoms with Crippen LogP contribution in [0.15, 0.2) is 48.8 Å². The standard InChI is InChI=1S/C29H39FN4O2/c1-19(2)14-20-15-21(17-28(3,16-20)26(35)34-24-8-12-32-13-9-24)25(31)18-33-27(36)29(10-11-29)22-4-6-23(30)7-5-22/h4-9,12-13,19-21,25H,10-11,14-18,31H2,1-3H3,(H,33,36)(H,32,34,35). The van der Waals surface area contributed by atoms with Gasteiger partial charge in [-0.3, -0.25) is 14.6 Å². The molecule has 1 heterocycles. The van der Waals surface area contributed by atoms with Gasteiger partial charge in [-0.1, -0.05) is 32.9 Å². The number of halogens is 1. The number of nitrogens with one attached hydrogen (secondary N) is 2. The smallest absolute Gasteiger partial charge is 0.230 e. The van der Waals surface area contributed by atoms with Crippen molar-refractivity contribution in [2.75, 3.05) is 11.9 Å². The zero-order valence-corrected chi connectivity index (χ0v) is 21.6. The number of pyridine rings is 1. The number of amides is 2. The van der Waals surface area contributed by atoms with Crippen LogP contribution in [0, 0.1) is 29.0 Å². The minimum atomic E-state index is -0.570. The Hall–Kier alpha value is -2.80. The van der Waals surface area contributed by atoms with Crippen molar-refractivity contribution in [1.29, 1.82) is 0 Å². The molecular formula is C29H39FN4O2. The molecule has 1 aromatic carbocycles. The average Bonchev–Trinajstić information content (AvgIpc) is 3.65. The second-order valence-corrected chi connectivity index (χ2v) is 11.6. The molecule has 36 heavy (non-hydrogen) atoms. The predicted molar refractivity (Wildman–Crippen MR) is 140 cm³/mol. The lowest BCUT2D eigenvalue weighted by Gasteiger charge is -2.44. The summed E-state index contributed by atoms with van der Waals surface area (Å²) in [5.41, 5.74) is 7.16. The highest BCUT2D eigenvalue weighted by atomic mass is 19.1. The van der Waals surface area contributed by atoms with E-state index in [4.69, 9.17) is 5.73 Å². The molecule has 4 rings (SSSR count). The lowest BCUT2D eigenvalue weighted by Crippen LogP contribution is -2.50. The first kappa shape index (κ1) is 26.3. The number of aromatic nitrogens is 1. The van der Waals surface area contributed by atoms with Gasteiger partial charge in [-0.05, 0) is 86.1 Å². The van der Waals surface area contributed by atoms with Gasteiger partial charge in [-0.25, -0.2) is 4.39 Å². The van der Waals surface area contributed by atoms with Gasteiger partial charge in [0.15, 0.2) is 0 Å². The summed E-state index contributed by atoms with van der Waals surface area (Å²) in [7, 11) is 0. The van der Waals surface area contributed by atoms with Gasteiger partial charge in [0.25, 0.3) is 0 Å². The molecule has 0 spiro atoms.